The van der Waals surface area contributed by atoms with Gasteiger partial charge in [-0.05, 0) is 18.2 Å². The number of hydrogen-bond donors (Lipinski definition) is 2. The molecule has 3 amide bonds. The fourth-order valence-electron chi connectivity index (χ4n) is 1.57. The van der Waals surface area contributed by atoms with Gasteiger partial charge < -0.3 is 10.1 Å². The number of methoxy groups -OCH3 is 1. The first-order valence-electron chi connectivity index (χ1n) is 4.56. The van der Waals surface area contributed by atoms with E-state index in [0.29, 0.717) is 16.3 Å². The number of rotatable bonds is 2. The Morgan fingerprint density at radius 2 is 2.12 bits per heavy atom. The topological polar surface area (TPSA) is 67.4 Å². The molecular weight excluding hydrogens is 232 g/mol. The summed E-state index contributed by atoms with van der Waals surface area (Å²) < 4.78 is 5.11. The zero-order valence-electron chi connectivity index (χ0n) is 8.41. The highest BCUT2D eigenvalue weighted by Gasteiger charge is 2.32. The van der Waals surface area contributed by atoms with Crippen LogP contribution in [0.25, 0.3) is 0 Å². The second-order valence-corrected chi connectivity index (χ2v) is 3.72. The molecule has 16 heavy (non-hydrogen) atoms. The van der Waals surface area contributed by atoms with Crippen molar-refractivity contribution >= 4 is 23.5 Å². The van der Waals surface area contributed by atoms with Crippen molar-refractivity contribution in [1.29, 1.82) is 0 Å². The number of amides is 3. The van der Waals surface area contributed by atoms with Crippen LogP contribution in [0.5, 0.6) is 5.75 Å². The summed E-state index contributed by atoms with van der Waals surface area (Å²) in [4.78, 5) is 22.5. The van der Waals surface area contributed by atoms with Gasteiger partial charge >= 0.3 is 6.03 Å². The zero-order valence-corrected chi connectivity index (χ0v) is 9.17. The molecule has 0 aromatic heterocycles. The molecule has 0 saturated carbocycles. The summed E-state index contributed by atoms with van der Waals surface area (Å²) in [6.07, 6.45) is 0. The summed E-state index contributed by atoms with van der Waals surface area (Å²) in [5, 5.41) is 5.11. The lowest BCUT2D eigenvalue weighted by Gasteiger charge is -2.12. The van der Waals surface area contributed by atoms with Crippen LogP contribution in [0, 0.1) is 0 Å². The molecule has 6 heteroatoms. The van der Waals surface area contributed by atoms with Crippen molar-refractivity contribution in [3.63, 3.8) is 0 Å². The molecule has 2 rings (SSSR count). The Balaban J connectivity index is 2.42. The standard InChI is InChI=1S/C10H9ClN2O3/c1-16-7-3-2-5(11)4-6(7)8-9(14)13-10(15)12-8/h2-4,8H,1H3,(H2,12,13,14,15). The Morgan fingerprint density at radius 1 is 1.38 bits per heavy atom. The molecule has 0 bridgehead atoms. The number of imide groups is 1. The van der Waals surface area contributed by atoms with Crippen LogP contribution in [-0.2, 0) is 4.79 Å². The lowest BCUT2D eigenvalue weighted by atomic mass is 10.1. The number of benzene rings is 1. The third-order valence-corrected chi connectivity index (χ3v) is 2.51. The smallest absolute Gasteiger partial charge is 0.322 e. The predicted octanol–water partition coefficient (Wildman–Crippen LogP) is 1.23. The van der Waals surface area contributed by atoms with Crippen LogP contribution in [0.15, 0.2) is 18.2 Å². The summed E-state index contributed by atoms with van der Waals surface area (Å²) in [5.41, 5.74) is 0.540. The molecule has 0 spiro atoms. The van der Waals surface area contributed by atoms with Crippen molar-refractivity contribution in [2.75, 3.05) is 7.11 Å². The molecule has 1 aliphatic heterocycles. The average molecular weight is 241 g/mol. The van der Waals surface area contributed by atoms with Crippen LogP contribution in [0.1, 0.15) is 11.6 Å². The second-order valence-electron chi connectivity index (χ2n) is 3.28. The van der Waals surface area contributed by atoms with Crippen molar-refractivity contribution in [3.8, 4) is 5.75 Å². The number of carbonyl (C=O) groups is 2. The molecule has 1 aromatic carbocycles. The van der Waals surface area contributed by atoms with E-state index in [9.17, 15) is 9.59 Å². The van der Waals surface area contributed by atoms with E-state index in [1.165, 1.54) is 7.11 Å². The van der Waals surface area contributed by atoms with Crippen molar-refractivity contribution in [2.45, 2.75) is 6.04 Å². The molecular formula is C10H9ClN2O3. The summed E-state index contributed by atoms with van der Waals surface area (Å²) in [6, 6.07) is 3.63. The van der Waals surface area contributed by atoms with Gasteiger partial charge in [0, 0.05) is 10.6 Å². The van der Waals surface area contributed by atoms with E-state index in [4.69, 9.17) is 16.3 Å². The third-order valence-electron chi connectivity index (χ3n) is 2.28. The van der Waals surface area contributed by atoms with E-state index >= 15 is 0 Å². The van der Waals surface area contributed by atoms with Crippen molar-refractivity contribution in [3.05, 3.63) is 28.8 Å². The normalized spacial score (nSPS) is 19.2. The number of ether oxygens (including phenoxy) is 1. The highest BCUT2D eigenvalue weighted by Crippen LogP contribution is 2.29. The molecule has 0 aliphatic carbocycles. The van der Waals surface area contributed by atoms with Gasteiger partial charge in [-0.1, -0.05) is 11.6 Å². The molecule has 1 aliphatic rings. The third kappa shape index (κ3) is 1.81. The van der Waals surface area contributed by atoms with E-state index in [1.807, 2.05) is 0 Å². The van der Waals surface area contributed by atoms with Gasteiger partial charge in [-0.25, -0.2) is 4.79 Å². The maximum atomic E-state index is 11.5. The van der Waals surface area contributed by atoms with E-state index < -0.39 is 18.0 Å². The van der Waals surface area contributed by atoms with Gasteiger partial charge in [-0.2, -0.15) is 0 Å². The predicted molar refractivity (Wildman–Crippen MR) is 57.4 cm³/mol. The quantitative estimate of drug-likeness (QED) is 0.764. The highest BCUT2D eigenvalue weighted by molar-refractivity contribution is 6.30. The van der Waals surface area contributed by atoms with Gasteiger partial charge in [0.05, 0.1) is 7.11 Å². The molecule has 1 heterocycles. The van der Waals surface area contributed by atoms with Crippen LogP contribution < -0.4 is 15.4 Å². The monoisotopic (exact) mass is 240 g/mol. The summed E-state index contributed by atoms with van der Waals surface area (Å²) >= 11 is 5.84. The minimum atomic E-state index is -0.749. The van der Waals surface area contributed by atoms with Crippen LogP contribution in [0.3, 0.4) is 0 Å². The van der Waals surface area contributed by atoms with Gasteiger partial charge in [0.2, 0.25) is 0 Å². The Bertz CT molecular complexity index is 461. The van der Waals surface area contributed by atoms with Crippen LogP contribution >= 0.6 is 11.6 Å². The largest absolute Gasteiger partial charge is 0.496 e. The van der Waals surface area contributed by atoms with E-state index in [-0.39, 0.29) is 0 Å². The molecule has 5 nitrogen and oxygen atoms in total. The lowest BCUT2D eigenvalue weighted by Crippen LogP contribution is -2.22. The Kier molecular flexibility index (Phi) is 2.70. The number of carbonyl (C=O) groups excluding carboxylic acids is 2. The molecule has 0 radical (unpaired) electrons. The number of halogens is 1. The molecule has 1 saturated heterocycles. The van der Waals surface area contributed by atoms with Gasteiger partial charge in [-0.3, -0.25) is 10.1 Å². The van der Waals surface area contributed by atoms with E-state index in [2.05, 4.69) is 10.6 Å². The molecule has 1 atom stereocenters. The first kappa shape index (κ1) is 10.8. The van der Waals surface area contributed by atoms with Crippen LogP contribution in [-0.4, -0.2) is 19.0 Å². The van der Waals surface area contributed by atoms with Crippen molar-refractivity contribution < 1.29 is 14.3 Å². The summed E-state index contributed by atoms with van der Waals surface area (Å²) in [7, 11) is 1.49. The molecule has 1 aromatic rings. The number of nitrogens with one attached hydrogen (secondary N) is 2. The fraction of sp³-hybridized carbons (Fsp3) is 0.200. The van der Waals surface area contributed by atoms with Gasteiger partial charge in [0.15, 0.2) is 0 Å². The minimum Gasteiger partial charge on any atom is -0.496 e. The molecule has 84 valence electrons. The van der Waals surface area contributed by atoms with Gasteiger partial charge in [-0.15, -0.1) is 0 Å². The Hall–Kier alpha value is -1.75. The molecule has 2 N–H and O–H groups in total. The fourth-order valence-corrected chi connectivity index (χ4v) is 1.75. The van der Waals surface area contributed by atoms with Gasteiger partial charge in [0.1, 0.15) is 11.8 Å². The summed E-state index contributed by atoms with van der Waals surface area (Å²) in [6.45, 7) is 0. The highest BCUT2D eigenvalue weighted by atomic mass is 35.5. The van der Waals surface area contributed by atoms with Gasteiger partial charge in [0.25, 0.3) is 5.91 Å². The second kappa shape index (κ2) is 4.02. The van der Waals surface area contributed by atoms with Crippen LogP contribution in [0.4, 0.5) is 4.79 Å². The Labute approximate surface area is 96.7 Å². The van der Waals surface area contributed by atoms with E-state index in [1.54, 1.807) is 18.2 Å². The maximum absolute atomic E-state index is 11.5. The first-order chi connectivity index (χ1) is 7.61. The first-order valence-corrected chi connectivity index (χ1v) is 4.94. The van der Waals surface area contributed by atoms with E-state index in [0.717, 1.165) is 0 Å². The van der Waals surface area contributed by atoms with Crippen molar-refractivity contribution in [2.24, 2.45) is 0 Å². The van der Waals surface area contributed by atoms with Crippen molar-refractivity contribution in [1.82, 2.24) is 10.6 Å². The van der Waals surface area contributed by atoms with Crippen LogP contribution in [0.2, 0.25) is 5.02 Å². The number of urea groups is 1. The summed E-state index contributed by atoms with van der Waals surface area (Å²) in [5.74, 6) is 0.0947. The zero-order chi connectivity index (χ0) is 11.7. The lowest BCUT2D eigenvalue weighted by molar-refractivity contribution is -0.120. The molecule has 1 unspecified atom stereocenters. The average Bonchev–Trinajstić information content (AvgIpc) is 2.57. The Morgan fingerprint density at radius 3 is 2.69 bits per heavy atom. The number of hydrogen-bond acceptors (Lipinski definition) is 3. The SMILES string of the molecule is COc1ccc(Cl)cc1C1NC(=O)NC1=O. The maximum Gasteiger partial charge on any atom is 0.322 e. The molecule has 1 fully saturated rings. The minimum absolute atomic E-state index is 0.412.